The zero-order chi connectivity index (χ0) is 16.4. The van der Waals surface area contributed by atoms with Crippen molar-refractivity contribution in [1.29, 1.82) is 0 Å². The number of rotatable bonds is 3. The molecule has 23 heavy (non-hydrogen) atoms. The number of ketones is 2. The molecule has 1 aliphatic rings. The maximum absolute atomic E-state index is 11.9. The highest BCUT2D eigenvalue weighted by Gasteiger charge is 2.24. The molecule has 0 atom stereocenters. The van der Waals surface area contributed by atoms with E-state index in [4.69, 9.17) is 0 Å². The maximum Gasteiger partial charge on any atom is 0.233 e. The minimum Gasteiger partial charge on any atom is -0.378 e. The number of fused-ring (bicyclic) bond motifs is 1. The van der Waals surface area contributed by atoms with Crippen molar-refractivity contribution in [1.82, 2.24) is 0 Å². The molecule has 0 saturated carbocycles. The number of benzene rings is 2. The summed E-state index contributed by atoms with van der Waals surface area (Å²) in [6, 6.07) is 15.0. The van der Waals surface area contributed by atoms with Gasteiger partial charge in [0.05, 0.1) is 5.70 Å². The second-order valence-electron chi connectivity index (χ2n) is 5.51. The van der Waals surface area contributed by atoms with Crippen molar-refractivity contribution < 1.29 is 9.59 Å². The predicted molar refractivity (Wildman–Crippen MR) is 92.1 cm³/mol. The van der Waals surface area contributed by atoms with Gasteiger partial charge in [-0.1, -0.05) is 36.4 Å². The van der Waals surface area contributed by atoms with Crippen LogP contribution in [-0.4, -0.2) is 31.9 Å². The van der Waals surface area contributed by atoms with E-state index < -0.39 is 11.6 Å². The van der Waals surface area contributed by atoms with Crippen molar-refractivity contribution in [2.24, 2.45) is 4.99 Å². The first kappa shape index (κ1) is 14.9. The Labute approximate surface area is 134 Å². The van der Waals surface area contributed by atoms with E-state index in [0.717, 1.165) is 11.3 Å². The predicted octanol–water partition coefficient (Wildman–Crippen LogP) is 2.98. The van der Waals surface area contributed by atoms with Crippen LogP contribution in [0.5, 0.6) is 0 Å². The Morgan fingerprint density at radius 2 is 1.57 bits per heavy atom. The fourth-order valence-corrected chi connectivity index (χ4v) is 2.41. The third kappa shape index (κ3) is 2.97. The monoisotopic (exact) mass is 304 g/mol. The van der Waals surface area contributed by atoms with Crippen LogP contribution in [0.3, 0.4) is 0 Å². The number of Topliss-reactive ketones (excluding diaryl/α,β-unsaturated/α-hetero) is 1. The zero-order valence-corrected chi connectivity index (χ0v) is 13.0. The fraction of sp³-hybridized carbons (Fsp3) is 0.105. The normalized spacial score (nSPS) is 13.9. The van der Waals surface area contributed by atoms with Crippen molar-refractivity contribution in [2.45, 2.75) is 0 Å². The van der Waals surface area contributed by atoms with Crippen LogP contribution in [0, 0.1) is 0 Å². The first-order chi connectivity index (χ1) is 11.1. The quantitative estimate of drug-likeness (QED) is 0.647. The van der Waals surface area contributed by atoms with Gasteiger partial charge >= 0.3 is 0 Å². The molecule has 0 aromatic heterocycles. The molecule has 4 nitrogen and oxygen atoms in total. The molecular formula is C19H16N2O2. The zero-order valence-electron chi connectivity index (χ0n) is 13.0. The summed E-state index contributed by atoms with van der Waals surface area (Å²) in [5.74, 6) is -1.01. The Morgan fingerprint density at radius 1 is 0.913 bits per heavy atom. The van der Waals surface area contributed by atoms with Gasteiger partial charge in [-0.2, -0.15) is 0 Å². The van der Waals surface area contributed by atoms with Gasteiger partial charge in [-0.3, -0.25) is 14.6 Å². The third-order valence-corrected chi connectivity index (χ3v) is 3.70. The van der Waals surface area contributed by atoms with E-state index in [1.165, 1.54) is 6.08 Å². The number of aliphatic imine (C=N–C) groups is 1. The molecule has 0 amide bonds. The second kappa shape index (κ2) is 6.01. The van der Waals surface area contributed by atoms with Crippen molar-refractivity contribution in [3.63, 3.8) is 0 Å². The first-order valence-corrected chi connectivity index (χ1v) is 7.27. The van der Waals surface area contributed by atoms with Gasteiger partial charge in [0.15, 0.2) is 0 Å². The van der Waals surface area contributed by atoms with Crippen molar-refractivity contribution in [3.8, 4) is 0 Å². The van der Waals surface area contributed by atoms with Crippen LogP contribution < -0.4 is 4.90 Å². The number of hydrogen-bond donors (Lipinski definition) is 0. The van der Waals surface area contributed by atoms with Crippen LogP contribution in [0.25, 0.3) is 5.70 Å². The topological polar surface area (TPSA) is 49.7 Å². The molecule has 2 aromatic rings. The highest BCUT2D eigenvalue weighted by Crippen LogP contribution is 2.25. The molecule has 0 bridgehead atoms. The van der Waals surface area contributed by atoms with Crippen LogP contribution in [0.2, 0.25) is 0 Å². The van der Waals surface area contributed by atoms with Gasteiger partial charge in [0.25, 0.3) is 0 Å². The molecule has 1 aliphatic carbocycles. The van der Waals surface area contributed by atoms with Gasteiger partial charge in [-0.05, 0) is 17.7 Å². The largest absolute Gasteiger partial charge is 0.378 e. The lowest BCUT2D eigenvalue weighted by Crippen LogP contribution is -2.18. The van der Waals surface area contributed by atoms with Crippen LogP contribution in [0.1, 0.15) is 21.5 Å². The number of hydrogen-bond acceptors (Lipinski definition) is 4. The van der Waals surface area contributed by atoms with Crippen molar-refractivity contribution in [3.05, 3.63) is 71.3 Å². The number of carbonyl (C=O) groups excluding carboxylic acids is 2. The van der Waals surface area contributed by atoms with E-state index in [0.29, 0.717) is 16.8 Å². The summed E-state index contributed by atoms with van der Waals surface area (Å²) in [5, 5.41) is 0. The molecule has 0 heterocycles. The molecule has 114 valence electrons. The van der Waals surface area contributed by atoms with E-state index >= 15 is 0 Å². The van der Waals surface area contributed by atoms with Crippen molar-refractivity contribution in [2.75, 3.05) is 19.0 Å². The highest BCUT2D eigenvalue weighted by molar-refractivity contribution is 6.50. The average molecular weight is 304 g/mol. The van der Waals surface area contributed by atoms with Crippen LogP contribution in [0.4, 0.5) is 5.69 Å². The Kier molecular flexibility index (Phi) is 3.89. The third-order valence-electron chi connectivity index (χ3n) is 3.70. The summed E-state index contributed by atoms with van der Waals surface area (Å²) in [7, 11) is 3.96. The smallest absolute Gasteiger partial charge is 0.233 e. The summed E-state index contributed by atoms with van der Waals surface area (Å²) in [6.45, 7) is 0. The lowest BCUT2D eigenvalue weighted by atomic mass is 9.93. The number of carbonyl (C=O) groups is 2. The summed E-state index contributed by atoms with van der Waals surface area (Å²) in [6.07, 6.45) is 3.00. The summed E-state index contributed by atoms with van der Waals surface area (Å²) < 4.78 is 0. The Morgan fingerprint density at radius 3 is 2.22 bits per heavy atom. The first-order valence-electron chi connectivity index (χ1n) is 7.27. The van der Waals surface area contributed by atoms with E-state index in [2.05, 4.69) is 4.99 Å². The fourth-order valence-electron chi connectivity index (χ4n) is 2.41. The molecule has 0 radical (unpaired) electrons. The minimum atomic E-state index is -0.529. The SMILES string of the molecule is CN(C)c1ccc(C=NC2=CC(=O)C(=O)c3ccccc32)cc1. The van der Waals surface area contributed by atoms with Crippen LogP contribution >= 0.6 is 0 Å². The summed E-state index contributed by atoms with van der Waals surface area (Å²) in [4.78, 5) is 30.1. The number of nitrogens with zero attached hydrogens (tertiary/aromatic N) is 2. The minimum absolute atomic E-state index is 0.412. The van der Waals surface area contributed by atoms with Gasteiger partial charge in [-0.25, -0.2) is 0 Å². The standard InChI is InChI=1S/C19H16N2O2/c1-21(2)14-9-7-13(8-10-14)12-20-17-11-18(22)19(23)16-6-4-3-5-15(16)17/h3-12H,1-2H3. The number of anilines is 1. The molecule has 3 rings (SSSR count). The molecule has 4 heteroatoms. The van der Waals surface area contributed by atoms with Crippen LogP contribution in [-0.2, 0) is 4.79 Å². The average Bonchev–Trinajstić information content (AvgIpc) is 2.57. The van der Waals surface area contributed by atoms with Crippen LogP contribution in [0.15, 0.2) is 59.6 Å². The van der Waals surface area contributed by atoms with Gasteiger partial charge in [0.2, 0.25) is 11.6 Å². The van der Waals surface area contributed by atoms with E-state index in [1.807, 2.05) is 49.3 Å². The van der Waals surface area contributed by atoms with Gasteiger partial charge in [0.1, 0.15) is 0 Å². The molecule has 0 saturated heterocycles. The van der Waals surface area contributed by atoms with E-state index in [1.54, 1.807) is 24.4 Å². The van der Waals surface area contributed by atoms with E-state index in [9.17, 15) is 9.59 Å². The molecule has 0 spiro atoms. The van der Waals surface area contributed by atoms with E-state index in [-0.39, 0.29) is 0 Å². The molecule has 0 fully saturated rings. The summed E-state index contributed by atoms with van der Waals surface area (Å²) >= 11 is 0. The Hall–Kier alpha value is -3.01. The lowest BCUT2D eigenvalue weighted by molar-refractivity contribution is -0.111. The lowest BCUT2D eigenvalue weighted by Gasteiger charge is -2.13. The number of allylic oxidation sites excluding steroid dienone is 1. The molecule has 0 unspecified atom stereocenters. The second-order valence-corrected chi connectivity index (χ2v) is 5.51. The Bertz CT molecular complexity index is 831. The van der Waals surface area contributed by atoms with Gasteiger partial charge in [-0.15, -0.1) is 0 Å². The maximum atomic E-state index is 11.9. The molecule has 0 aliphatic heterocycles. The van der Waals surface area contributed by atoms with Gasteiger partial charge in [0, 0.05) is 43.2 Å². The highest BCUT2D eigenvalue weighted by atomic mass is 16.2. The Balaban J connectivity index is 1.91. The molecule has 0 N–H and O–H groups in total. The van der Waals surface area contributed by atoms with Crippen molar-refractivity contribution >= 4 is 29.2 Å². The summed E-state index contributed by atoms with van der Waals surface area (Å²) in [5.41, 5.74) is 3.65. The molecule has 2 aromatic carbocycles. The molecular weight excluding hydrogens is 288 g/mol. The van der Waals surface area contributed by atoms with Gasteiger partial charge < -0.3 is 4.90 Å².